The van der Waals surface area contributed by atoms with Crippen LogP contribution >= 0.6 is 11.3 Å². The molecule has 2 aromatic rings. The monoisotopic (exact) mass is 343 g/mol. The van der Waals surface area contributed by atoms with Gasteiger partial charge in [0.15, 0.2) is 0 Å². The van der Waals surface area contributed by atoms with Crippen molar-refractivity contribution < 1.29 is 9.59 Å². The fourth-order valence-electron chi connectivity index (χ4n) is 3.04. The fraction of sp³-hybridized carbons (Fsp3) is 0.333. The molecular formula is C18H21N3O2S. The van der Waals surface area contributed by atoms with Gasteiger partial charge in [-0.15, -0.1) is 11.3 Å². The van der Waals surface area contributed by atoms with E-state index in [2.05, 4.69) is 11.4 Å². The zero-order chi connectivity index (χ0) is 16.9. The number of amides is 2. The minimum Gasteiger partial charge on any atom is -0.368 e. The van der Waals surface area contributed by atoms with E-state index in [0.717, 1.165) is 17.5 Å². The molecule has 1 aromatic heterocycles. The summed E-state index contributed by atoms with van der Waals surface area (Å²) in [5.74, 6) is -0.451. The molecule has 1 aliphatic rings. The third kappa shape index (κ3) is 4.01. The second-order valence-electron chi connectivity index (χ2n) is 5.98. The molecular weight excluding hydrogens is 322 g/mol. The fourth-order valence-corrected chi connectivity index (χ4v) is 3.75. The average Bonchev–Trinajstić information content (AvgIpc) is 3.07. The van der Waals surface area contributed by atoms with Gasteiger partial charge in [0.1, 0.15) is 0 Å². The number of benzene rings is 1. The third-order valence-corrected chi connectivity index (χ3v) is 5.23. The van der Waals surface area contributed by atoms with Crippen molar-refractivity contribution in [1.82, 2.24) is 10.2 Å². The standard InChI is InChI=1S/C18H21N3O2S/c19-18(23)16-10-13-4-1-2-5-14(13)11-21(16)12-17(22)20-8-7-15-6-3-9-24-15/h1-6,9,16H,7-8,10-12H2,(H2,19,23)(H,20,22)/t16-/m1/s1. The number of primary amides is 1. The number of nitrogens with two attached hydrogens (primary N) is 1. The average molecular weight is 343 g/mol. The predicted molar refractivity (Wildman–Crippen MR) is 94.6 cm³/mol. The molecule has 5 nitrogen and oxygen atoms in total. The number of rotatable bonds is 6. The Bertz CT molecular complexity index is 715. The first-order chi connectivity index (χ1) is 11.6. The Morgan fingerprint density at radius 1 is 1.21 bits per heavy atom. The molecule has 0 radical (unpaired) electrons. The van der Waals surface area contributed by atoms with Crippen molar-refractivity contribution in [3.05, 3.63) is 57.8 Å². The van der Waals surface area contributed by atoms with Crippen molar-refractivity contribution in [3.8, 4) is 0 Å². The summed E-state index contributed by atoms with van der Waals surface area (Å²) in [7, 11) is 0. The largest absolute Gasteiger partial charge is 0.368 e. The van der Waals surface area contributed by atoms with E-state index in [4.69, 9.17) is 5.73 Å². The quantitative estimate of drug-likeness (QED) is 0.831. The molecule has 2 heterocycles. The van der Waals surface area contributed by atoms with E-state index in [0.29, 0.717) is 19.5 Å². The SMILES string of the molecule is NC(=O)[C@H]1Cc2ccccc2CN1CC(=O)NCCc1cccs1. The van der Waals surface area contributed by atoms with Gasteiger partial charge in [0, 0.05) is 18.0 Å². The Hall–Kier alpha value is -2.18. The Morgan fingerprint density at radius 2 is 2.00 bits per heavy atom. The topological polar surface area (TPSA) is 75.4 Å². The van der Waals surface area contributed by atoms with Gasteiger partial charge < -0.3 is 11.1 Å². The van der Waals surface area contributed by atoms with Crippen molar-refractivity contribution in [2.24, 2.45) is 5.73 Å². The maximum Gasteiger partial charge on any atom is 0.235 e. The molecule has 3 N–H and O–H groups in total. The van der Waals surface area contributed by atoms with Crippen LogP contribution in [0.15, 0.2) is 41.8 Å². The molecule has 1 atom stereocenters. The first-order valence-electron chi connectivity index (χ1n) is 8.02. The number of carbonyl (C=O) groups excluding carboxylic acids is 2. The Morgan fingerprint density at radius 3 is 2.71 bits per heavy atom. The van der Waals surface area contributed by atoms with Crippen LogP contribution in [0.5, 0.6) is 0 Å². The van der Waals surface area contributed by atoms with Crippen molar-refractivity contribution in [3.63, 3.8) is 0 Å². The van der Waals surface area contributed by atoms with Crippen LogP contribution in [-0.2, 0) is 29.0 Å². The molecule has 2 amide bonds. The van der Waals surface area contributed by atoms with Crippen LogP contribution in [-0.4, -0.2) is 35.8 Å². The molecule has 24 heavy (non-hydrogen) atoms. The summed E-state index contributed by atoms with van der Waals surface area (Å²) in [5, 5.41) is 4.95. The van der Waals surface area contributed by atoms with Crippen molar-refractivity contribution >= 4 is 23.2 Å². The first kappa shape index (κ1) is 16.7. The molecule has 0 bridgehead atoms. The maximum atomic E-state index is 12.2. The second-order valence-corrected chi connectivity index (χ2v) is 7.01. The van der Waals surface area contributed by atoms with Crippen LogP contribution in [0.1, 0.15) is 16.0 Å². The number of thiophene rings is 1. The van der Waals surface area contributed by atoms with Gasteiger partial charge in [-0.2, -0.15) is 0 Å². The van der Waals surface area contributed by atoms with E-state index in [-0.39, 0.29) is 18.4 Å². The maximum absolute atomic E-state index is 12.2. The van der Waals surface area contributed by atoms with Crippen LogP contribution in [0.2, 0.25) is 0 Å². The minimum absolute atomic E-state index is 0.0720. The van der Waals surface area contributed by atoms with Gasteiger partial charge in [-0.3, -0.25) is 14.5 Å². The Labute approximate surface area is 145 Å². The van der Waals surface area contributed by atoms with Crippen LogP contribution in [0.25, 0.3) is 0 Å². The van der Waals surface area contributed by atoms with Crippen molar-refractivity contribution in [1.29, 1.82) is 0 Å². The highest BCUT2D eigenvalue weighted by Crippen LogP contribution is 2.22. The van der Waals surface area contributed by atoms with Crippen molar-refractivity contribution in [2.45, 2.75) is 25.4 Å². The number of nitrogens with zero attached hydrogens (tertiary/aromatic N) is 1. The van der Waals surface area contributed by atoms with Gasteiger partial charge in [-0.1, -0.05) is 30.3 Å². The molecule has 6 heteroatoms. The lowest BCUT2D eigenvalue weighted by Gasteiger charge is -2.34. The summed E-state index contributed by atoms with van der Waals surface area (Å²) in [4.78, 5) is 27.1. The summed E-state index contributed by atoms with van der Waals surface area (Å²) < 4.78 is 0. The lowest BCUT2D eigenvalue weighted by Crippen LogP contribution is -2.51. The Kier molecular flexibility index (Phi) is 5.27. The summed E-state index contributed by atoms with van der Waals surface area (Å²) >= 11 is 1.68. The van der Waals surface area contributed by atoms with Gasteiger partial charge in [-0.25, -0.2) is 0 Å². The lowest BCUT2D eigenvalue weighted by molar-refractivity contribution is -0.127. The number of hydrogen-bond acceptors (Lipinski definition) is 4. The van der Waals surface area contributed by atoms with E-state index in [1.54, 1.807) is 11.3 Å². The predicted octanol–water partition coefficient (Wildman–Crippen LogP) is 1.32. The lowest BCUT2D eigenvalue weighted by atomic mass is 9.93. The van der Waals surface area contributed by atoms with E-state index in [1.165, 1.54) is 4.88 Å². The highest BCUT2D eigenvalue weighted by molar-refractivity contribution is 7.09. The Balaban J connectivity index is 1.58. The normalized spacial score (nSPS) is 17.2. The van der Waals surface area contributed by atoms with E-state index < -0.39 is 6.04 Å². The third-order valence-electron chi connectivity index (χ3n) is 4.29. The highest BCUT2D eigenvalue weighted by Gasteiger charge is 2.30. The van der Waals surface area contributed by atoms with Crippen LogP contribution in [0, 0.1) is 0 Å². The van der Waals surface area contributed by atoms with Gasteiger partial charge in [0.2, 0.25) is 11.8 Å². The van der Waals surface area contributed by atoms with E-state index >= 15 is 0 Å². The van der Waals surface area contributed by atoms with Gasteiger partial charge in [0.05, 0.1) is 12.6 Å². The molecule has 0 unspecified atom stereocenters. The zero-order valence-corrected chi connectivity index (χ0v) is 14.2. The van der Waals surface area contributed by atoms with Gasteiger partial charge >= 0.3 is 0 Å². The summed E-state index contributed by atoms with van der Waals surface area (Å²) in [6.45, 7) is 1.36. The van der Waals surface area contributed by atoms with Crippen LogP contribution in [0.4, 0.5) is 0 Å². The summed E-state index contributed by atoms with van der Waals surface area (Å²) in [6, 6.07) is 11.6. The molecule has 0 aliphatic carbocycles. The van der Waals surface area contributed by atoms with Gasteiger partial charge in [-0.05, 0) is 35.4 Å². The second kappa shape index (κ2) is 7.59. The number of nitrogens with one attached hydrogen (secondary N) is 1. The molecule has 0 saturated heterocycles. The molecule has 1 aromatic carbocycles. The zero-order valence-electron chi connectivity index (χ0n) is 13.4. The number of fused-ring (bicyclic) bond motifs is 1. The number of hydrogen-bond donors (Lipinski definition) is 2. The molecule has 126 valence electrons. The molecule has 1 aliphatic heterocycles. The highest BCUT2D eigenvalue weighted by atomic mass is 32.1. The van der Waals surface area contributed by atoms with Gasteiger partial charge in [0.25, 0.3) is 0 Å². The molecule has 0 saturated carbocycles. The molecule has 0 fully saturated rings. The first-order valence-corrected chi connectivity index (χ1v) is 8.90. The van der Waals surface area contributed by atoms with Crippen LogP contribution < -0.4 is 11.1 Å². The summed E-state index contributed by atoms with van der Waals surface area (Å²) in [6.07, 6.45) is 1.39. The smallest absolute Gasteiger partial charge is 0.235 e. The van der Waals surface area contributed by atoms with Crippen LogP contribution in [0.3, 0.4) is 0 Å². The van der Waals surface area contributed by atoms with E-state index in [1.807, 2.05) is 40.6 Å². The van der Waals surface area contributed by atoms with Crippen molar-refractivity contribution in [2.75, 3.05) is 13.1 Å². The van der Waals surface area contributed by atoms with E-state index in [9.17, 15) is 9.59 Å². The summed E-state index contributed by atoms with van der Waals surface area (Å²) in [5.41, 5.74) is 7.83. The number of carbonyl (C=O) groups is 2. The molecule has 3 rings (SSSR count). The molecule has 0 spiro atoms. The minimum atomic E-state index is -0.428.